The van der Waals surface area contributed by atoms with Crippen LogP contribution >= 0.6 is 35.0 Å². The Hall–Kier alpha value is -2.29. The van der Waals surface area contributed by atoms with E-state index in [2.05, 4.69) is 20.8 Å². The number of ether oxygens (including phenoxy) is 1. The van der Waals surface area contributed by atoms with Gasteiger partial charge in [0.2, 0.25) is 11.1 Å². The summed E-state index contributed by atoms with van der Waals surface area (Å²) in [5.74, 6) is 0.487. The zero-order valence-electron chi connectivity index (χ0n) is 14.4. The number of aromatic nitrogens is 4. The lowest BCUT2D eigenvalue weighted by atomic mass is 10.3. The minimum atomic E-state index is -0.469. The Morgan fingerprint density at radius 1 is 1.22 bits per heavy atom. The lowest BCUT2D eigenvalue weighted by Crippen LogP contribution is -2.23. The highest BCUT2D eigenvalue weighted by Gasteiger charge is 2.20. The molecule has 0 aliphatic rings. The summed E-state index contributed by atoms with van der Waals surface area (Å²) < 4.78 is 6.70. The van der Waals surface area contributed by atoms with Gasteiger partial charge < -0.3 is 10.1 Å². The fourth-order valence-corrected chi connectivity index (χ4v) is 3.32. The van der Waals surface area contributed by atoms with Crippen LogP contribution in [-0.4, -0.2) is 38.5 Å². The number of nitrogens with zero attached hydrogens (tertiary/aromatic N) is 4. The van der Waals surface area contributed by atoms with Gasteiger partial charge in [0.1, 0.15) is 5.75 Å². The van der Waals surface area contributed by atoms with Gasteiger partial charge in [-0.15, -0.1) is 5.10 Å². The van der Waals surface area contributed by atoms with Crippen LogP contribution in [0.5, 0.6) is 5.75 Å². The van der Waals surface area contributed by atoms with Gasteiger partial charge in [0.05, 0.1) is 28.8 Å². The molecule has 3 aromatic rings. The largest absolute Gasteiger partial charge is 0.497 e. The molecule has 0 bridgehead atoms. The summed E-state index contributed by atoms with van der Waals surface area (Å²) in [6.07, 6.45) is 0. The van der Waals surface area contributed by atoms with Crippen LogP contribution in [0.3, 0.4) is 0 Å². The van der Waals surface area contributed by atoms with Crippen LogP contribution in [0.25, 0.3) is 5.69 Å². The molecule has 7 nitrogen and oxygen atoms in total. The molecule has 0 radical (unpaired) electrons. The van der Waals surface area contributed by atoms with Gasteiger partial charge in [-0.05, 0) is 59.8 Å². The number of carbonyl (C=O) groups is 1. The molecule has 1 unspecified atom stereocenters. The van der Waals surface area contributed by atoms with Crippen molar-refractivity contribution >= 4 is 46.6 Å². The first-order valence-corrected chi connectivity index (χ1v) is 9.47. The molecule has 3 rings (SSSR count). The van der Waals surface area contributed by atoms with E-state index in [1.54, 1.807) is 36.9 Å². The standard InChI is InChI=1S/C17H15Cl2N5O2S/c1-10(16(25)20-15-9-11(18)3-8-14(15)19)27-17-21-22-23-24(17)12-4-6-13(26-2)7-5-12/h3-10H,1-2H3,(H,20,25). The van der Waals surface area contributed by atoms with E-state index in [1.807, 2.05) is 24.3 Å². The van der Waals surface area contributed by atoms with E-state index >= 15 is 0 Å². The number of carbonyl (C=O) groups excluding carboxylic acids is 1. The van der Waals surface area contributed by atoms with Gasteiger partial charge in [-0.2, -0.15) is 4.68 Å². The van der Waals surface area contributed by atoms with Crippen LogP contribution in [0.1, 0.15) is 6.92 Å². The van der Waals surface area contributed by atoms with Crippen molar-refractivity contribution in [2.45, 2.75) is 17.3 Å². The second-order valence-corrected chi connectivity index (χ2v) is 7.60. The molecule has 1 N–H and O–H groups in total. The summed E-state index contributed by atoms with van der Waals surface area (Å²) in [6.45, 7) is 1.76. The number of anilines is 1. The van der Waals surface area contributed by atoms with E-state index in [4.69, 9.17) is 27.9 Å². The smallest absolute Gasteiger partial charge is 0.237 e. The molecule has 0 saturated heterocycles. The number of rotatable bonds is 6. The molecule has 1 atom stereocenters. The van der Waals surface area contributed by atoms with Gasteiger partial charge in [-0.1, -0.05) is 35.0 Å². The number of benzene rings is 2. The normalized spacial score (nSPS) is 11.9. The predicted octanol–water partition coefficient (Wildman–Crippen LogP) is 4.10. The maximum atomic E-state index is 12.5. The first-order chi connectivity index (χ1) is 13.0. The van der Waals surface area contributed by atoms with Gasteiger partial charge in [0, 0.05) is 5.02 Å². The molecule has 10 heteroatoms. The van der Waals surface area contributed by atoms with Crippen molar-refractivity contribution in [3.63, 3.8) is 0 Å². The van der Waals surface area contributed by atoms with Crippen molar-refractivity contribution in [1.82, 2.24) is 20.2 Å². The third-order valence-corrected chi connectivity index (χ3v) is 5.19. The average Bonchev–Trinajstić information content (AvgIpc) is 3.12. The van der Waals surface area contributed by atoms with Crippen molar-refractivity contribution in [3.05, 3.63) is 52.5 Å². The maximum Gasteiger partial charge on any atom is 0.237 e. The molecule has 0 saturated carbocycles. The molecule has 0 fully saturated rings. The Morgan fingerprint density at radius 2 is 1.96 bits per heavy atom. The summed E-state index contributed by atoms with van der Waals surface area (Å²) in [6, 6.07) is 12.2. The topological polar surface area (TPSA) is 81.9 Å². The minimum Gasteiger partial charge on any atom is -0.497 e. The van der Waals surface area contributed by atoms with Gasteiger partial charge in [0.25, 0.3) is 0 Å². The summed E-state index contributed by atoms with van der Waals surface area (Å²) in [5, 5.41) is 15.4. The van der Waals surface area contributed by atoms with E-state index in [1.165, 1.54) is 11.8 Å². The molecule has 1 heterocycles. The SMILES string of the molecule is COc1ccc(-n2nnnc2SC(C)C(=O)Nc2cc(Cl)ccc2Cl)cc1. The maximum absolute atomic E-state index is 12.5. The van der Waals surface area contributed by atoms with Crippen LogP contribution in [-0.2, 0) is 4.79 Å². The number of hydrogen-bond acceptors (Lipinski definition) is 6. The number of amides is 1. The van der Waals surface area contributed by atoms with Gasteiger partial charge in [-0.25, -0.2) is 0 Å². The Kier molecular flexibility index (Phi) is 6.20. The monoisotopic (exact) mass is 423 g/mol. The molecule has 140 valence electrons. The van der Waals surface area contributed by atoms with E-state index in [0.717, 1.165) is 11.4 Å². The van der Waals surface area contributed by atoms with Crippen LogP contribution in [0.2, 0.25) is 10.0 Å². The van der Waals surface area contributed by atoms with Crippen LogP contribution in [0, 0.1) is 0 Å². The molecule has 1 amide bonds. The predicted molar refractivity (Wildman–Crippen MR) is 106 cm³/mol. The van der Waals surface area contributed by atoms with Crippen molar-refractivity contribution in [2.24, 2.45) is 0 Å². The average molecular weight is 424 g/mol. The second kappa shape index (κ2) is 8.60. The third-order valence-electron chi connectivity index (χ3n) is 3.60. The molecular weight excluding hydrogens is 409 g/mol. The van der Waals surface area contributed by atoms with E-state index in [9.17, 15) is 4.79 Å². The molecular formula is C17H15Cl2N5O2S. The van der Waals surface area contributed by atoms with Crippen LogP contribution in [0.15, 0.2) is 47.6 Å². The molecule has 0 aliphatic heterocycles. The highest BCUT2D eigenvalue weighted by atomic mass is 35.5. The second-order valence-electron chi connectivity index (χ2n) is 5.44. The zero-order chi connectivity index (χ0) is 19.4. The van der Waals surface area contributed by atoms with Gasteiger partial charge in [-0.3, -0.25) is 4.79 Å². The number of hydrogen-bond donors (Lipinski definition) is 1. The number of thioether (sulfide) groups is 1. The summed E-state index contributed by atoms with van der Waals surface area (Å²) in [7, 11) is 1.60. The summed E-state index contributed by atoms with van der Waals surface area (Å²) in [5.41, 5.74) is 1.21. The molecule has 1 aromatic heterocycles. The summed E-state index contributed by atoms with van der Waals surface area (Å²) >= 11 is 13.3. The molecule has 2 aromatic carbocycles. The van der Waals surface area contributed by atoms with Crippen molar-refractivity contribution in [3.8, 4) is 11.4 Å². The quantitative estimate of drug-likeness (QED) is 0.600. The Labute approximate surface area is 170 Å². The Bertz CT molecular complexity index is 949. The Morgan fingerprint density at radius 3 is 2.67 bits per heavy atom. The van der Waals surface area contributed by atoms with Crippen LogP contribution < -0.4 is 10.1 Å². The van der Waals surface area contributed by atoms with Gasteiger partial charge >= 0.3 is 0 Å². The van der Waals surface area contributed by atoms with E-state index in [0.29, 0.717) is 20.9 Å². The summed E-state index contributed by atoms with van der Waals surface area (Å²) in [4.78, 5) is 12.5. The number of nitrogens with one attached hydrogen (secondary N) is 1. The first kappa shape index (κ1) is 19.5. The molecule has 0 aliphatic carbocycles. The molecule has 0 spiro atoms. The number of tetrazole rings is 1. The van der Waals surface area contributed by atoms with Gasteiger partial charge in [0.15, 0.2) is 0 Å². The lowest BCUT2D eigenvalue weighted by molar-refractivity contribution is -0.115. The Balaban J connectivity index is 1.72. The van der Waals surface area contributed by atoms with Crippen LogP contribution in [0.4, 0.5) is 5.69 Å². The lowest BCUT2D eigenvalue weighted by Gasteiger charge is -2.13. The highest BCUT2D eigenvalue weighted by Crippen LogP contribution is 2.28. The molecule has 27 heavy (non-hydrogen) atoms. The zero-order valence-corrected chi connectivity index (χ0v) is 16.7. The minimum absolute atomic E-state index is 0.242. The van der Waals surface area contributed by atoms with E-state index in [-0.39, 0.29) is 5.91 Å². The van der Waals surface area contributed by atoms with E-state index < -0.39 is 5.25 Å². The fourth-order valence-electron chi connectivity index (χ4n) is 2.18. The van der Waals surface area contributed by atoms with Crippen molar-refractivity contribution in [2.75, 3.05) is 12.4 Å². The third kappa shape index (κ3) is 4.71. The number of halogens is 2. The fraction of sp³-hybridized carbons (Fsp3) is 0.176. The highest BCUT2D eigenvalue weighted by molar-refractivity contribution is 8.00. The van der Waals surface area contributed by atoms with Crippen molar-refractivity contribution < 1.29 is 9.53 Å². The number of methoxy groups -OCH3 is 1. The first-order valence-electron chi connectivity index (χ1n) is 7.83. The van der Waals surface area contributed by atoms with Crippen molar-refractivity contribution in [1.29, 1.82) is 0 Å².